The molecule has 0 saturated heterocycles. The molecule has 0 aromatic heterocycles. The first-order valence-electron chi connectivity index (χ1n) is 3.55. The molecule has 0 aliphatic heterocycles. The van der Waals surface area contributed by atoms with Crippen LogP contribution in [0, 0.1) is 6.73 Å². The number of rotatable bonds is 3. The van der Waals surface area contributed by atoms with Crippen LogP contribution in [0.3, 0.4) is 0 Å². The fraction of sp³-hybridized carbons (Fsp3) is 0.111. The summed E-state index contributed by atoms with van der Waals surface area (Å²) in [5.41, 5.74) is 0.616. The molecule has 0 atom stereocenters. The van der Waals surface area contributed by atoms with Gasteiger partial charge in [-0.25, -0.2) is 0 Å². The highest BCUT2D eigenvalue weighted by Gasteiger charge is 2.01. The molecule has 0 aliphatic rings. The first-order chi connectivity index (χ1) is 5.84. The highest BCUT2D eigenvalue weighted by Crippen LogP contribution is 1.97. The van der Waals surface area contributed by atoms with Crippen LogP contribution < -0.4 is 5.32 Å². The van der Waals surface area contributed by atoms with Crippen LogP contribution in [0.5, 0.6) is 0 Å². The molecule has 1 amide bonds. The number of carbonyl (C=O) groups is 1. The van der Waals surface area contributed by atoms with Crippen LogP contribution in [0.15, 0.2) is 30.3 Å². The van der Waals surface area contributed by atoms with Gasteiger partial charge >= 0.3 is 0 Å². The van der Waals surface area contributed by atoms with Crippen LogP contribution >= 0.6 is 0 Å². The Morgan fingerprint density at radius 3 is 2.67 bits per heavy atom. The molecule has 0 bridgehead atoms. The molecule has 1 radical (unpaired) electrons. The summed E-state index contributed by atoms with van der Waals surface area (Å²) in [6.07, 6.45) is 0. The van der Waals surface area contributed by atoms with Crippen molar-refractivity contribution in [3.63, 3.8) is 0 Å². The zero-order valence-corrected chi connectivity index (χ0v) is 6.78. The summed E-state index contributed by atoms with van der Waals surface area (Å²) in [6.45, 7) is 1.25. The summed E-state index contributed by atoms with van der Waals surface area (Å²) in [5.74, 6) is -0.169. The SMILES string of the molecule is CO[CH]NC(=O)c1ccccc1. The standard InChI is InChI=1S/C9H10NO2/c1-12-7-10-9(11)8-5-3-2-4-6-8/h2-7H,1H3,(H,10,11). The second kappa shape index (κ2) is 4.51. The molecule has 12 heavy (non-hydrogen) atoms. The third-order valence-corrected chi connectivity index (χ3v) is 1.34. The van der Waals surface area contributed by atoms with Crippen molar-refractivity contribution in [3.8, 4) is 0 Å². The smallest absolute Gasteiger partial charge is 0.253 e. The predicted octanol–water partition coefficient (Wildman–Crippen LogP) is 1.18. The minimum atomic E-state index is -0.169. The normalized spacial score (nSPS) is 9.42. The minimum Gasteiger partial charge on any atom is -0.357 e. The summed E-state index contributed by atoms with van der Waals surface area (Å²) in [6, 6.07) is 8.94. The molecule has 0 aliphatic carbocycles. The maximum absolute atomic E-state index is 11.2. The Labute approximate surface area is 71.4 Å². The number of ether oxygens (including phenoxy) is 1. The molecule has 1 aromatic rings. The maximum Gasteiger partial charge on any atom is 0.253 e. The average molecular weight is 164 g/mol. The quantitative estimate of drug-likeness (QED) is 0.728. The van der Waals surface area contributed by atoms with Crippen molar-refractivity contribution < 1.29 is 9.53 Å². The van der Waals surface area contributed by atoms with Crippen LogP contribution in [0.2, 0.25) is 0 Å². The van der Waals surface area contributed by atoms with E-state index >= 15 is 0 Å². The van der Waals surface area contributed by atoms with Gasteiger partial charge in [0.15, 0.2) is 6.73 Å². The fourth-order valence-electron chi connectivity index (χ4n) is 0.785. The number of hydrogen-bond acceptors (Lipinski definition) is 2. The third kappa shape index (κ3) is 2.36. The largest absolute Gasteiger partial charge is 0.357 e. The predicted molar refractivity (Wildman–Crippen MR) is 45.2 cm³/mol. The van der Waals surface area contributed by atoms with Gasteiger partial charge in [-0.3, -0.25) is 4.79 Å². The zero-order chi connectivity index (χ0) is 8.81. The van der Waals surface area contributed by atoms with Crippen LogP contribution in [0.4, 0.5) is 0 Å². The number of carbonyl (C=O) groups excluding carboxylic acids is 1. The Morgan fingerprint density at radius 1 is 1.42 bits per heavy atom. The van der Waals surface area contributed by atoms with Gasteiger partial charge in [-0.05, 0) is 12.1 Å². The van der Waals surface area contributed by atoms with Gasteiger partial charge in [0, 0.05) is 12.7 Å². The van der Waals surface area contributed by atoms with Gasteiger partial charge in [0.05, 0.1) is 0 Å². The first-order valence-corrected chi connectivity index (χ1v) is 3.55. The Morgan fingerprint density at radius 2 is 2.08 bits per heavy atom. The highest BCUT2D eigenvalue weighted by molar-refractivity contribution is 5.94. The summed E-state index contributed by atoms with van der Waals surface area (Å²) >= 11 is 0. The Kier molecular flexibility index (Phi) is 3.29. The summed E-state index contributed by atoms with van der Waals surface area (Å²) in [4.78, 5) is 11.2. The molecule has 0 saturated carbocycles. The molecule has 1 rings (SSSR count). The van der Waals surface area contributed by atoms with E-state index in [1.165, 1.54) is 13.8 Å². The van der Waals surface area contributed by atoms with E-state index in [-0.39, 0.29) is 5.91 Å². The zero-order valence-electron chi connectivity index (χ0n) is 6.78. The van der Waals surface area contributed by atoms with Gasteiger partial charge < -0.3 is 10.1 Å². The van der Waals surface area contributed by atoms with E-state index in [4.69, 9.17) is 0 Å². The van der Waals surface area contributed by atoms with Crippen LogP contribution in [0.1, 0.15) is 10.4 Å². The lowest BCUT2D eigenvalue weighted by atomic mass is 10.2. The molecule has 63 valence electrons. The van der Waals surface area contributed by atoms with E-state index in [1.807, 2.05) is 18.2 Å². The number of amides is 1. The molecule has 0 fully saturated rings. The summed E-state index contributed by atoms with van der Waals surface area (Å²) < 4.78 is 4.58. The van der Waals surface area contributed by atoms with E-state index in [1.54, 1.807) is 12.1 Å². The van der Waals surface area contributed by atoms with Gasteiger partial charge in [0.1, 0.15) is 0 Å². The van der Waals surface area contributed by atoms with Crippen LogP contribution in [-0.2, 0) is 4.74 Å². The minimum absolute atomic E-state index is 0.169. The molecule has 3 heteroatoms. The molecule has 3 nitrogen and oxygen atoms in total. The molecule has 1 aromatic carbocycles. The van der Waals surface area contributed by atoms with Crippen molar-refractivity contribution in [2.24, 2.45) is 0 Å². The van der Waals surface area contributed by atoms with Gasteiger partial charge in [0.2, 0.25) is 0 Å². The molecule has 0 heterocycles. The van der Waals surface area contributed by atoms with Crippen LogP contribution in [-0.4, -0.2) is 13.0 Å². The molecule has 0 spiro atoms. The Hall–Kier alpha value is -1.35. The molecule has 1 N–H and O–H groups in total. The van der Waals surface area contributed by atoms with E-state index in [0.29, 0.717) is 5.56 Å². The van der Waals surface area contributed by atoms with Crippen molar-refractivity contribution in [2.45, 2.75) is 0 Å². The fourth-order valence-corrected chi connectivity index (χ4v) is 0.785. The van der Waals surface area contributed by atoms with Crippen molar-refractivity contribution in [3.05, 3.63) is 42.6 Å². The van der Waals surface area contributed by atoms with Gasteiger partial charge in [-0.2, -0.15) is 0 Å². The molecule has 0 unspecified atom stereocenters. The van der Waals surface area contributed by atoms with E-state index in [0.717, 1.165) is 0 Å². The third-order valence-electron chi connectivity index (χ3n) is 1.34. The molecular formula is C9H10NO2. The number of methoxy groups -OCH3 is 1. The summed E-state index contributed by atoms with van der Waals surface area (Å²) in [7, 11) is 1.48. The molecular weight excluding hydrogens is 154 g/mol. The van der Waals surface area contributed by atoms with Gasteiger partial charge in [0.25, 0.3) is 5.91 Å². The number of benzene rings is 1. The highest BCUT2D eigenvalue weighted by atomic mass is 16.5. The average Bonchev–Trinajstić information content (AvgIpc) is 2.15. The van der Waals surface area contributed by atoms with E-state index in [2.05, 4.69) is 10.1 Å². The van der Waals surface area contributed by atoms with Crippen molar-refractivity contribution in [1.29, 1.82) is 0 Å². The van der Waals surface area contributed by atoms with E-state index in [9.17, 15) is 4.79 Å². The topological polar surface area (TPSA) is 38.3 Å². The summed E-state index contributed by atoms with van der Waals surface area (Å²) in [5, 5.41) is 2.46. The number of hydrogen-bond donors (Lipinski definition) is 1. The van der Waals surface area contributed by atoms with Crippen molar-refractivity contribution in [2.75, 3.05) is 7.11 Å². The van der Waals surface area contributed by atoms with Gasteiger partial charge in [-0.15, -0.1) is 0 Å². The second-order valence-electron chi connectivity index (χ2n) is 2.19. The first kappa shape index (κ1) is 8.74. The van der Waals surface area contributed by atoms with Crippen molar-refractivity contribution in [1.82, 2.24) is 5.32 Å². The monoisotopic (exact) mass is 164 g/mol. The lowest BCUT2D eigenvalue weighted by molar-refractivity contribution is 0.0929. The second-order valence-corrected chi connectivity index (χ2v) is 2.19. The van der Waals surface area contributed by atoms with Crippen LogP contribution in [0.25, 0.3) is 0 Å². The Balaban J connectivity index is 2.54. The van der Waals surface area contributed by atoms with Gasteiger partial charge in [-0.1, -0.05) is 18.2 Å². The Bertz CT molecular complexity index is 246. The van der Waals surface area contributed by atoms with Crippen molar-refractivity contribution >= 4 is 5.91 Å². The number of nitrogens with one attached hydrogen (secondary N) is 1. The lowest BCUT2D eigenvalue weighted by Gasteiger charge is -2.01. The maximum atomic E-state index is 11.2. The van der Waals surface area contributed by atoms with E-state index < -0.39 is 0 Å². The lowest BCUT2D eigenvalue weighted by Crippen LogP contribution is -2.20.